The van der Waals surface area contributed by atoms with Crippen LogP contribution in [0.15, 0.2) is 21.1 Å². The van der Waals surface area contributed by atoms with Crippen LogP contribution < -0.4 is 5.73 Å². The van der Waals surface area contributed by atoms with E-state index in [0.29, 0.717) is 14.5 Å². The molecule has 0 bridgehead atoms. The van der Waals surface area contributed by atoms with E-state index in [4.69, 9.17) is 11.0 Å². The fraction of sp³-hybridized carbons (Fsp3) is 0.222. The van der Waals surface area contributed by atoms with Crippen LogP contribution in [0.4, 0.5) is 0 Å². The maximum absolute atomic E-state index is 9.71. The molecule has 5 heteroatoms. The van der Waals surface area contributed by atoms with E-state index < -0.39 is 6.04 Å². The Balaban J connectivity index is 3.19. The third kappa shape index (κ3) is 2.27. The SMILES string of the molecule is N#CCC(N)c1c(Br)ccc(Br)c1O. The highest BCUT2D eigenvalue weighted by atomic mass is 79.9. The molecule has 0 aliphatic carbocycles. The quantitative estimate of drug-likeness (QED) is 0.880. The van der Waals surface area contributed by atoms with E-state index in [1.165, 1.54) is 0 Å². The number of nitrogens with zero attached hydrogens (tertiary/aromatic N) is 1. The van der Waals surface area contributed by atoms with E-state index in [1.807, 2.05) is 6.07 Å². The molecule has 1 unspecified atom stereocenters. The monoisotopic (exact) mass is 318 g/mol. The molecule has 0 saturated carbocycles. The summed E-state index contributed by atoms with van der Waals surface area (Å²) in [6.07, 6.45) is 0.169. The van der Waals surface area contributed by atoms with Gasteiger partial charge in [0.2, 0.25) is 0 Å². The molecule has 1 rings (SSSR count). The van der Waals surface area contributed by atoms with Crippen molar-refractivity contribution in [2.24, 2.45) is 5.73 Å². The number of phenols is 1. The number of benzene rings is 1. The first-order chi connectivity index (χ1) is 6.57. The molecule has 0 aliphatic rings. The van der Waals surface area contributed by atoms with Crippen molar-refractivity contribution in [2.75, 3.05) is 0 Å². The third-order valence-corrected chi connectivity index (χ3v) is 3.13. The number of hydrogen-bond donors (Lipinski definition) is 2. The van der Waals surface area contributed by atoms with Crippen molar-refractivity contribution in [1.29, 1.82) is 5.26 Å². The highest BCUT2D eigenvalue weighted by molar-refractivity contribution is 9.11. The zero-order chi connectivity index (χ0) is 10.7. The van der Waals surface area contributed by atoms with Crippen LogP contribution in [0.25, 0.3) is 0 Å². The molecule has 74 valence electrons. The second-order valence-electron chi connectivity index (χ2n) is 2.76. The normalized spacial score (nSPS) is 12.1. The molecule has 0 aromatic heterocycles. The van der Waals surface area contributed by atoms with Gasteiger partial charge in [0, 0.05) is 16.1 Å². The van der Waals surface area contributed by atoms with Gasteiger partial charge < -0.3 is 10.8 Å². The Hall–Kier alpha value is -0.570. The number of nitrogens with two attached hydrogens (primary N) is 1. The van der Waals surface area contributed by atoms with Gasteiger partial charge in [0.25, 0.3) is 0 Å². The summed E-state index contributed by atoms with van der Waals surface area (Å²) >= 11 is 6.47. The summed E-state index contributed by atoms with van der Waals surface area (Å²) in [4.78, 5) is 0. The van der Waals surface area contributed by atoms with Gasteiger partial charge in [-0.1, -0.05) is 15.9 Å². The van der Waals surface area contributed by atoms with Gasteiger partial charge in [-0.3, -0.25) is 0 Å². The van der Waals surface area contributed by atoms with Crippen LogP contribution in [0.2, 0.25) is 0 Å². The summed E-state index contributed by atoms with van der Waals surface area (Å²) < 4.78 is 1.28. The lowest BCUT2D eigenvalue weighted by molar-refractivity contribution is 0.457. The lowest BCUT2D eigenvalue weighted by Crippen LogP contribution is -2.10. The van der Waals surface area contributed by atoms with Gasteiger partial charge in [-0.15, -0.1) is 0 Å². The average molecular weight is 320 g/mol. The number of phenolic OH excluding ortho intramolecular Hbond substituents is 1. The molecule has 0 aliphatic heterocycles. The van der Waals surface area contributed by atoms with Crippen molar-refractivity contribution in [3.05, 3.63) is 26.6 Å². The fourth-order valence-corrected chi connectivity index (χ4v) is 2.07. The largest absolute Gasteiger partial charge is 0.506 e. The highest BCUT2D eigenvalue weighted by Gasteiger charge is 2.16. The standard InChI is InChI=1S/C9H8Br2N2O/c10-5-1-2-6(11)9(14)8(5)7(13)3-4-12/h1-2,7,14H,3,13H2. The Kier molecular flexibility index (Phi) is 3.93. The van der Waals surface area contributed by atoms with Gasteiger partial charge in [0.15, 0.2) is 0 Å². The summed E-state index contributed by atoms with van der Waals surface area (Å²) in [5.41, 5.74) is 6.30. The molecule has 1 aromatic rings. The molecular weight excluding hydrogens is 312 g/mol. The second-order valence-corrected chi connectivity index (χ2v) is 4.47. The van der Waals surface area contributed by atoms with Crippen LogP contribution in [0.3, 0.4) is 0 Å². The Morgan fingerprint density at radius 1 is 1.43 bits per heavy atom. The zero-order valence-electron chi connectivity index (χ0n) is 7.17. The first-order valence-electron chi connectivity index (χ1n) is 3.87. The molecule has 14 heavy (non-hydrogen) atoms. The van der Waals surface area contributed by atoms with E-state index in [1.54, 1.807) is 12.1 Å². The molecule has 0 amide bonds. The fourth-order valence-electron chi connectivity index (χ4n) is 1.11. The summed E-state index contributed by atoms with van der Waals surface area (Å²) in [6.45, 7) is 0. The van der Waals surface area contributed by atoms with Crippen LogP contribution in [0, 0.1) is 11.3 Å². The Bertz CT molecular complexity index is 387. The Labute approximate surface area is 98.8 Å². The van der Waals surface area contributed by atoms with Gasteiger partial charge in [-0.2, -0.15) is 5.26 Å². The predicted molar refractivity (Wildman–Crippen MR) is 60.7 cm³/mol. The molecule has 0 saturated heterocycles. The van der Waals surface area contributed by atoms with Crippen molar-refractivity contribution in [3.63, 3.8) is 0 Å². The summed E-state index contributed by atoms with van der Waals surface area (Å²) in [5.74, 6) is 0.0853. The summed E-state index contributed by atoms with van der Waals surface area (Å²) in [6, 6.07) is 4.97. The van der Waals surface area contributed by atoms with Gasteiger partial charge in [0.1, 0.15) is 5.75 Å². The molecule has 0 fully saturated rings. The van der Waals surface area contributed by atoms with Crippen molar-refractivity contribution < 1.29 is 5.11 Å². The average Bonchev–Trinajstić information content (AvgIpc) is 2.13. The number of hydrogen-bond acceptors (Lipinski definition) is 3. The number of halogens is 2. The van der Waals surface area contributed by atoms with Crippen LogP contribution in [0.1, 0.15) is 18.0 Å². The van der Waals surface area contributed by atoms with E-state index >= 15 is 0 Å². The minimum Gasteiger partial charge on any atom is -0.506 e. The maximum Gasteiger partial charge on any atom is 0.135 e. The minimum atomic E-state index is -0.480. The molecule has 0 radical (unpaired) electrons. The lowest BCUT2D eigenvalue weighted by Gasteiger charge is -2.13. The lowest BCUT2D eigenvalue weighted by atomic mass is 10.0. The molecule has 1 atom stereocenters. The molecule has 0 heterocycles. The summed E-state index contributed by atoms with van der Waals surface area (Å²) in [5, 5.41) is 18.2. The van der Waals surface area contributed by atoms with Crippen LogP contribution >= 0.6 is 31.9 Å². The number of rotatable bonds is 2. The molecule has 3 nitrogen and oxygen atoms in total. The predicted octanol–water partition coefficient (Wildman–Crippen LogP) is 2.83. The van der Waals surface area contributed by atoms with Crippen molar-refractivity contribution >= 4 is 31.9 Å². The van der Waals surface area contributed by atoms with E-state index in [-0.39, 0.29) is 12.2 Å². The van der Waals surface area contributed by atoms with Crippen LogP contribution in [0.5, 0.6) is 5.75 Å². The number of aromatic hydroxyl groups is 1. The van der Waals surface area contributed by atoms with Crippen molar-refractivity contribution in [3.8, 4) is 11.8 Å². The first kappa shape index (κ1) is 11.5. The minimum absolute atomic E-state index is 0.0853. The Morgan fingerprint density at radius 3 is 2.57 bits per heavy atom. The Morgan fingerprint density at radius 2 is 2.00 bits per heavy atom. The number of nitriles is 1. The topological polar surface area (TPSA) is 70.0 Å². The second kappa shape index (κ2) is 4.78. The van der Waals surface area contributed by atoms with Gasteiger partial charge in [-0.25, -0.2) is 0 Å². The van der Waals surface area contributed by atoms with Gasteiger partial charge in [0.05, 0.1) is 17.0 Å². The molecular formula is C9H8Br2N2O. The third-order valence-electron chi connectivity index (χ3n) is 1.80. The van der Waals surface area contributed by atoms with E-state index in [0.717, 1.165) is 0 Å². The summed E-state index contributed by atoms with van der Waals surface area (Å²) in [7, 11) is 0. The van der Waals surface area contributed by atoms with Crippen LogP contribution in [-0.4, -0.2) is 5.11 Å². The zero-order valence-corrected chi connectivity index (χ0v) is 10.3. The van der Waals surface area contributed by atoms with Gasteiger partial charge >= 0.3 is 0 Å². The molecule has 0 spiro atoms. The smallest absolute Gasteiger partial charge is 0.135 e. The maximum atomic E-state index is 9.71. The molecule has 1 aromatic carbocycles. The van der Waals surface area contributed by atoms with E-state index in [2.05, 4.69) is 31.9 Å². The van der Waals surface area contributed by atoms with Crippen molar-refractivity contribution in [1.82, 2.24) is 0 Å². The molecule has 3 N–H and O–H groups in total. The first-order valence-corrected chi connectivity index (χ1v) is 5.46. The van der Waals surface area contributed by atoms with Crippen LogP contribution in [-0.2, 0) is 0 Å². The highest BCUT2D eigenvalue weighted by Crippen LogP contribution is 2.37. The van der Waals surface area contributed by atoms with E-state index in [9.17, 15) is 5.11 Å². The van der Waals surface area contributed by atoms with Crippen molar-refractivity contribution in [2.45, 2.75) is 12.5 Å². The van der Waals surface area contributed by atoms with Gasteiger partial charge in [-0.05, 0) is 28.1 Å².